The lowest BCUT2D eigenvalue weighted by Gasteiger charge is -2.15. The normalized spacial score (nSPS) is 20.0. The minimum absolute atomic E-state index is 0.0578. The Kier molecular flexibility index (Phi) is 2.90. The number of fused-ring (bicyclic) bond motifs is 1. The van der Waals surface area contributed by atoms with Gasteiger partial charge in [-0.3, -0.25) is 14.8 Å². The van der Waals surface area contributed by atoms with Crippen LogP contribution in [-0.2, 0) is 4.79 Å². The van der Waals surface area contributed by atoms with Gasteiger partial charge < -0.3 is 5.73 Å². The Morgan fingerprint density at radius 3 is 3.11 bits per heavy atom. The number of hydrogen-bond acceptors (Lipinski definition) is 5. The van der Waals surface area contributed by atoms with E-state index in [0.29, 0.717) is 31.0 Å². The van der Waals surface area contributed by atoms with Gasteiger partial charge in [0, 0.05) is 13.0 Å². The van der Waals surface area contributed by atoms with E-state index in [2.05, 4.69) is 42.8 Å². The third-order valence-electron chi connectivity index (χ3n) is 3.08. The summed E-state index contributed by atoms with van der Waals surface area (Å²) in [6.07, 6.45) is 1.91. The van der Waals surface area contributed by atoms with Crippen LogP contribution in [0.5, 0.6) is 0 Å². The number of rotatable bonds is 2. The van der Waals surface area contributed by atoms with E-state index in [1.54, 1.807) is 4.90 Å². The van der Waals surface area contributed by atoms with Crippen molar-refractivity contribution >= 4 is 45.3 Å². The van der Waals surface area contributed by atoms with Crippen LogP contribution in [0.25, 0.3) is 11.0 Å². The number of nitrogens with two attached hydrogens (primary N) is 1. The molecule has 3 N–H and O–H groups in total. The van der Waals surface area contributed by atoms with Crippen molar-refractivity contribution in [2.45, 2.75) is 6.42 Å². The lowest BCUT2D eigenvalue weighted by atomic mass is 10.1. The average Bonchev–Trinajstić information content (AvgIpc) is 2.93. The van der Waals surface area contributed by atoms with Gasteiger partial charge in [0.2, 0.25) is 5.91 Å². The molecule has 1 amide bonds. The van der Waals surface area contributed by atoms with Gasteiger partial charge in [0.05, 0.1) is 5.39 Å². The topological polar surface area (TPSA) is 101 Å². The first-order valence-electron chi connectivity index (χ1n) is 5.55. The molecule has 2 aromatic rings. The molecule has 0 spiro atoms. The second-order valence-electron chi connectivity index (χ2n) is 4.24. The molecule has 1 atom stereocenters. The van der Waals surface area contributed by atoms with Gasteiger partial charge in [0.15, 0.2) is 11.5 Å². The summed E-state index contributed by atoms with van der Waals surface area (Å²) in [6.45, 7) is 1.13. The standard InChI is InChI=1S/C10H11IN6O/c11-8-7-9(16-15-8)13-4-14-10(7)17-3-5(2-12)1-6(17)18/h4-5H,1-3,12H2,(H,13,14,15,16). The van der Waals surface area contributed by atoms with Crippen molar-refractivity contribution in [2.75, 3.05) is 18.0 Å². The number of aromatic amines is 1. The van der Waals surface area contributed by atoms with Crippen molar-refractivity contribution in [1.29, 1.82) is 0 Å². The molecule has 7 nitrogen and oxygen atoms in total. The zero-order chi connectivity index (χ0) is 12.7. The largest absolute Gasteiger partial charge is 0.330 e. The molecular formula is C10H11IN6O. The van der Waals surface area contributed by atoms with E-state index in [9.17, 15) is 4.79 Å². The first-order valence-corrected chi connectivity index (χ1v) is 6.63. The molecule has 0 bridgehead atoms. The van der Waals surface area contributed by atoms with Gasteiger partial charge >= 0.3 is 0 Å². The number of H-pyrrole nitrogens is 1. The SMILES string of the molecule is NCC1CC(=O)N(c2ncnc3n[nH]c(I)c23)C1. The molecule has 0 radical (unpaired) electrons. The lowest BCUT2D eigenvalue weighted by Crippen LogP contribution is -2.27. The highest BCUT2D eigenvalue weighted by Gasteiger charge is 2.32. The van der Waals surface area contributed by atoms with Crippen LogP contribution in [0.2, 0.25) is 0 Å². The predicted molar refractivity (Wildman–Crippen MR) is 73.9 cm³/mol. The van der Waals surface area contributed by atoms with Gasteiger partial charge in [-0.25, -0.2) is 9.97 Å². The molecule has 3 heterocycles. The van der Waals surface area contributed by atoms with E-state index in [1.807, 2.05) is 0 Å². The van der Waals surface area contributed by atoms with Crippen molar-refractivity contribution in [3.05, 3.63) is 10.0 Å². The van der Waals surface area contributed by atoms with Crippen LogP contribution >= 0.6 is 22.6 Å². The first kappa shape index (κ1) is 11.8. The Bertz CT molecular complexity index is 611. The van der Waals surface area contributed by atoms with Gasteiger partial charge in [-0.2, -0.15) is 5.10 Å². The number of aromatic nitrogens is 4. The first-order chi connectivity index (χ1) is 8.70. The summed E-state index contributed by atoms with van der Waals surface area (Å²) < 4.78 is 0.835. The quantitative estimate of drug-likeness (QED) is 0.751. The van der Waals surface area contributed by atoms with E-state index in [-0.39, 0.29) is 11.8 Å². The third-order valence-corrected chi connectivity index (χ3v) is 3.86. The predicted octanol–water partition coefficient (Wildman–Crippen LogP) is 0.269. The zero-order valence-electron chi connectivity index (χ0n) is 9.43. The third kappa shape index (κ3) is 1.75. The summed E-state index contributed by atoms with van der Waals surface area (Å²) in [5.74, 6) is 0.883. The fraction of sp³-hybridized carbons (Fsp3) is 0.400. The van der Waals surface area contributed by atoms with E-state index in [1.165, 1.54) is 6.33 Å². The fourth-order valence-corrected chi connectivity index (χ4v) is 2.76. The number of carbonyl (C=O) groups excluding carboxylic acids is 1. The van der Waals surface area contributed by atoms with E-state index < -0.39 is 0 Å². The number of halogens is 1. The zero-order valence-corrected chi connectivity index (χ0v) is 11.6. The number of hydrogen-bond donors (Lipinski definition) is 2. The Hall–Kier alpha value is -1.29. The Balaban J connectivity index is 2.09. The van der Waals surface area contributed by atoms with Crippen LogP contribution in [0.4, 0.5) is 5.82 Å². The van der Waals surface area contributed by atoms with Gasteiger partial charge in [-0.15, -0.1) is 0 Å². The highest BCUT2D eigenvalue weighted by molar-refractivity contribution is 14.1. The summed E-state index contributed by atoms with van der Waals surface area (Å²) >= 11 is 2.13. The fourth-order valence-electron chi connectivity index (χ4n) is 2.16. The summed E-state index contributed by atoms with van der Waals surface area (Å²) in [7, 11) is 0. The van der Waals surface area contributed by atoms with Crippen LogP contribution in [0.3, 0.4) is 0 Å². The Morgan fingerprint density at radius 1 is 1.56 bits per heavy atom. The monoisotopic (exact) mass is 358 g/mol. The molecule has 1 fully saturated rings. The molecule has 1 saturated heterocycles. The van der Waals surface area contributed by atoms with Crippen molar-refractivity contribution in [3.8, 4) is 0 Å². The number of nitrogens with zero attached hydrogens (tertiary/aromatic N) is 4. The van der Waals surface area contributed by atoms with Crippen molar-refractivity contribution < 1.29 is 4.79 Å². The minimum atomic E-state index is 0.0578. The van der Waals surface area contributed by atoms with Crippen LogP contribution < -0.4 is 10.6 Å². The lowest BCUT2D eigenvalue weighted by molar-refractivity contribution is -0.117. The van der Waals surface area contributed by atoms with Crippen LogP contribution in [0, 0.1) is 9.62 Å². The number of carbonyl (C=O) groups is 1. The molecule has 3 rings (SSSR count). The van der Waals surface area contributed by atoms with E-state index >= 15 is 0 Å². The minimum Gasteiger partial charge on any atom is -0.330 e. The van der Waals surface area contributed by atoms with Gasteiger partial charge in [-0.05, 0) is 35.1 Å². The average molecular weight is 358 g/mol. The molecule has 0 aliphatic carbocycles. The number of anilines is 1. The Labute approximate surface area is 116 Å². The maximum atomic E-state index is 12.0. The van der Waals surface area contributed by atoms with E-state index in [0.717, 1.165) is 9.09 Å². The summed E-state index contributed by atoms with van der Waals surface area (Å²) in [4.78, 5) is 22.0. The molecule has 1 aliphatic rings. The second kappa shape index (κ2) is 4.43. The van der Waals surface area contributed by atoms with Crippen molar-refractivity contribution in [2.24, 2.45) is 11.7 Å². The molecule has 0 aromatic carbocycles. The van der Waals surface area contributed by atoms with E-state index in [4.69, 9.17) is 5.73 Å². The molecule has 2 aromatic heterocycles. The maximum absolute atomic E-state index is 12.0. The molecule has 0 saturated carbocycles. The summed E-state index contributed by atoms with van der Waals surface area (Å²) in [5, 5.41) is 7.72. The van der Waals surface area contributed by atoms with Crippen LogP contribution in [0.1, 0.15) is 6.42 Å². The summed E-state index contributed by atoms with van der Waals surface area (Å²) in [6, 6.07) is 0. The van der Waals surface area contributed by atoms with Gasteiger partial charge in [0.1, 0.15) is 10.0 Å². The number of nitrogens with one attached hydrogen (secondary N) is 1. The Morgan fingerprint density at radius 2 is 2.39 bits per heavy atom. The highest BCUT2D eigenvalue weighted by atomic mass is 127. The van der Waals surface area contributed by atoms with Crippen molar-refractivity contribution in [1.82, 2.24) is 20.2 Å². The molecular weight excluding hydrogens is 347 g/mol. The van der Waals surface area contributed by atoms with Crippen LogP contribution in [0.15, 0.2) is 6.33 Å². The molecule has 1 aliphatic heterocycles. The number of amides is 1. The van der Waals surface area contributed by atoms with Gasteiger partial charge in [0.25, 0.3) is 0 Å². The van der Waals surface area contributed by atoms with Gasteiger partial charge in [-0.1, -0.05) is 0 Å². The molecule has 18 heavy (non-hydrogen) atoms. The second-order valence-corrected chi connectivity index (χ2v) is 5.32. The maximum Gasteiger partial charge on any atom is 0.228 e. The molecule has 1 unspecified atom stereocenters. The smallest absolute Gasteiger partial charge is 0.228 e. The summed E-state index contributed by atoms with van der Waals surface area (Å²) in [5.41, 5.74) is 6.20. The molecule has 8 heteroatoms. The van der Waals surface area contributed by atoms with Crippen LogP contribution in [-0.4, -0.2) is 39.2 Å². The highest BCUT2D eigenvalue weighted by Crippen LogP contribution is 2.30. The molecule has 94 valence electrons. The van der Waals surface area contributed by atoms with Crippen molar-refractivity contribution in [3.63, 3.8) is 0 Å².